The second-order valence-electron chi connectivity index (χ2n) is 8.06. The summed E-state index contributed by atoms with van der Waals surface area (Å²) in [5, 5.41) is 6.27. The Morgan fingerprint density at radius 1 is 0.958 bits per heavy atom. The summed E-state index contributed by atoms with van der Waals surface area (Å²) in [6.07, 6.45) is 2.93. The molecular formula is C16H29N3O5. The molecule has 0 heterocycles. The standard InChI is InChI=1S/C8H14N2O3.C8H15NO2/c1-8(2,3)13-7(11)10(9-12)6-4-5-6;1-8(2,3)11-7(10)9-6-4-5-6/h6H,4-5H2,1-3H3;6H,4-5H2,1-3H3,(H,9,10). The van der Waals surface area contributed by atoms with Gasteiger partial charge in [0.05, 0.1) is 11.3 Å². The van der Waals surface area contributed by atoms with E-state index in [2.05, 4.69) is 10.6 Å². The van der Waals surface area contributed by atoms with E-state index in [0.717, 1.165) is 30.7 Å². The highest BCUT2D eigenvalue weighted by Gasteiger charge is 2.36. The fraction of sp³-hybridized carbons (Fsp3) is 0.875. The van der Waals surface area contributed by atoms with E-state index in [1.165, 1.54) is 0 Å². The monoisotopic (exact) mass is 343 g/mol. The van der Waals surface area contributed by atoms with Crippen molar-refractivity contribution in [1.82, 2.24) is 10.3 Å². The third kappa shape index (κ3) is 9.32. The minimum atomic E-state index is -0.648. The van der Waals surface area contributed by atoms with Crippen molar-refractivity contribution in [2.75, 3.05) is 0 Å². The van der Waals surface area contributed by atoms with E-state index >= 15 is 0 Å². The first kappa shape index (κ1) is 20.2. The fourth-order valence-electron chi connectivity index (χ4n) is 1.58. The molecule has 2 aliphatic rings. The van der Waals surface area contributed by atoms with Crippen LogP contribution in [0, 0.1) is 4.91 Å². The average molecular weight is 343 g/mol. The number of nitrogens with one attached hydrogen (secondary N) is 1. The van der Waals surface area contributed by atoms with Gasteiger partial charge in [-0.1, -0.05) is 0 Å². The van der Waals surface area contributed by atoms with E-state index < -0.39 is 11.7 Å². The summed E-state index contributed by atoms with van der Waals surface area (Å²) in [6.45, 7) is 10.8. The van der Waals surface area contributed by atoms with Gasteiger partial charge in [0.2, 0.25) is 0 Å². The van der Waals surface area contributed by atoms with E-state index in [4.69, 9.17) is 9.47 Å². The first-order chi connectivity index (χ1) is 10.9. The normalized spacial score (nSPS) is 17.1. The van der Waals surface area contributed by atoms with E-state index in [1.807, 2.05) is 20.8 Å². The molecule has 0 aromatic carbocycles. The third-order valence-electron chi connectivity index (χ3n) is 2.86. The second-order valence-corrected chi connectivity index (χ2v) is 8.06. The lowest BCUT2D eigenvalue weighted by atomic mass is 10.2. The van der Waals surface area contributed by atoms with Crippen molar-refractivity contribution in [2.24, 2.45) is 5.29 Å². The molecule has 0 atom stereocenters. The molecule has 1 N–H and O–H groups in total. The highest BCUT2D eigenvalue weighted by Crippen LogP contribution is 2.28. The lowest BCUT2D eigenvalue weighted by Crippen LogP contribution is -2.34. The Labute approximate surface area is 143 Å². The van der Waals surface area contributed by atoms with Crippen LogP contribution in [0.5, 0.6) is 0 Å². The molecule has 138 valence electrons. The lowest BCUT2D eigenvalue weighted by molar-refractivity contribution is 0.0234. The van der Waals surface area contributed by atoms with Gasteiger partial charge in [-0.3, -0.25) is 0 Å². The third-order valence-corrected chi connectivity index (χ3v) is 2.86. The van der Waals surface area contributed by atoms with E-state index in [1.54, 1.807) is 20.8 Å². The van der Waals surface area contributed by atoms with Crippen molar-refractivity contribution >= 4 is 12.2 Å². The molecule has 0 saturated heterocycles. The molecule has 8 nitrogen and oxygen atoms in total. The number of ether oxygens (including phenoxy) is 2. The van der Waals surface area contributed by atoms with Gasteiger partial charge in [0.1, 0.15) is 11.2 Å². The Balaban J connectivity index is 0.000000243. The van der Waals surface area contributed by atoms with Crippen LogP contribution in [0.2, 0.25) is 0 Å². The van der Waals surface area contributed by atoms with Crippen LogP contribution in [0.15, 0.2) is 5.29 Å². The van der Waals surface area contributed by atoms with Crippen molar-refractivity contribution < 1.29 is 19.1 Å². The molecule has 2 saturated carbocycles. The molecule has 8 heteroatoms. The molecule has 2 rings (SSSR count). The quantitative estimate of drug-likeness (QED) is 0.622. The maximum atomic E-state index is 11.3. The number of amides is 2. The van der Waals surface area contributed by atoms with Crippen LogP contribution in [-0.4, -0.2) is 40.5 Å². The number of hydrogen-bond donors (Lipinski definition) is 1. The number of nitroso groups, excluding NO2 is 1. The number of alkyl carbamates (subject to hydrolysis) is 1. The number of rotatable bonds is 3. The Kier molecular flexibility index (Phi) is 6.57. The number of carbonyl (C=O) groups excluding carboxylic acids is 2. The van der Waals surface area contributed by atoms with Crippen LogP contribution in [-0.2, 0) is 9.47 Å². The van der Waals surface area contributed by atoms with Crippen molar-refractivity contribution in [3.8, 4) is 0 Å². The summed E-state index contributed by atoms with van der Waals surface area (Å²) in [5.41, 5.74) is -0.951. The Morgan fingerprint density at radius 3 is 1.79 bits per heavy atom. The van der Waals surface area contributed by atoms with Gasteiger partial charge in [0, 0.05) is 6.04 Å². The Morgan fingerprint density at radius 2 is 1.46 bits per heavy atom. The topological polar surface area (TPSA) is 97.3 Å². The van der Waals surface area contributed by atoms with Crippen LogP contribution >= 0.6 is 0 Å². The molecule has 2 aliphatic carbocycles. The highest BCUT2D eigenvalue weighted by atomic mass is 16.6. The largest absolute Gasteiger partial charge is 0.444 e. The zero-order chi connectivity index (χ0) is 18.5. The number of hydrogen-bond acceptors (Lipinski definition) is 6. The predicted molar refractivity (Wildman–Crippen MR) is 89.3 cm³/mol. The van der Waals surface area contributed by atoms with Crippen LogP contribution in [0.4, 0.5) is 9.59 Å². The Bertz CT molecular complexity index is 459. The zero-order valence-corrected chi connectivity index (χ0v) is 15.4. The highest BCUT2D eigenvalue weighted by molar-refractivity contribution is 5.68. The van der Waals surface area contributed by atoms with Gasteiger partial charge in [0.15, 0.2) is 0 Å². The van der Waals surface area contributed by atoms with Gasteiger partial charge in [-0.25, -0.2) is 9.59 Å². The molecule has 0 bridgehead atoms. The molecule has 0 aromatic rings. The average Bonchev–Trinajstić information content (AvgIpc) is 3.19. The fourth-order valence-corrected chi connectivity index (χ4v) is 1.58. The molecule has 0 unspecified atom stereocenters. The van der Waals surface area contributed by atoms with Crippen molar-refractivity contribution in [3.63, 3.8) is 0 Å². The van der Waals surface area contributed by atoms with Crippen LogP contribution < -0.4 is 5.32 Å². The SMILES string of the molecule is CC(C)(C)OC(=O)N(N=O)C1CC1.CC(C)(C)OC(=O)NC1CC1. The van der Waals surface area contributed by atoms with Gasteiger partial charge < -0.3 is 14.8 Å². The van der Waals surface area contributed by atoms with Crippen LogP contribution in [0.1, 0.15) is 67.2 Å². The molecule has 2 amide bonds. The van der Waals surface area contributed by atoms with E-state index in [9.17, 15) is 14.5 Å². The summed E-state index contributed by atoms with van der Waals surface area (Å²) in [6, 6.07) is 0.345. The summed E-state index contributed by atoms with van der Waals surface area (Å²) in [5.74, 6) is 0. The molecule has 0 radical (unpaired) electrons. The zero-order valence-electron chi connectivity index (χ0n) is 15.4. The first-order valence-electron chi connectivity index (χ1n) is 8.26. The minimum Gasteiger partial charge on any atom is -0.444 e. The number of carbonyl (C=O) groups is 2. The van der Waals surface area contributed by atoms with E-state index in [0.29, 0.717) is 6.04 Å². The number of nitrogens with zero attached hydrogens (tertiary/aromatic N) is 2. The summed E-state index contributed by atoms with van der Waals surface area (Å²) < 4.78 is 10.0. The first-order valence-corrected chi connectivity index (χ1v) is 8.26. The summed E-state index contributed by atoms with van der Waals surface area (Å²) in [4.78, 5) is 32.5. The van der Waals surface area contributed by atoms with Crippen molar-refractivity contribution in [2.45, 2.75) is 90.5 Å². The molecule has 2 fully saturated rings. The van der Waals surface area contributed by atoms with Crippen molar-refractivity contribution in [3.05, 3.63) is 4.91 Å². The van der Waals surface area contributed by atoms with Gasteiger partial charge >= 0.3 is 12.2 Å². The molecule has 24 heavy (non-hydrogen) atoms. The smallest absolute Gasteiger partial charge is 0.433 e. The van der Waals surface area contributed by atoms with Crippen LogP contribution in [0.3, 0.4) is 0 Å². The van der Waals surface area contributed by atoms with Gasteiger partial charge in [-0.2, -0.15) is 5.01 Å². The maximum Gasteiger partial charge on any atom is 0.433 e. The summed E-state index contributed by atoms with van der Waals surface area (Å²) in [7, 11) is 0. The van der Waals surface area contributed by atoms with E-state index in [-0.39, 0.29) is 17.7 Å². The minimum absolute atomic E-state index is 0.0349. The second kappa shape index (κ2) is 7.81. The Hall–Kier alpha value is -1.86. The van der Waals surface area contributed by atoms with Gasteiger partial charge in [-0.15, -0.1) is 4.91 Å². The lowest BCUT2D eigenvalue weighted by Gasteiger charge is -2.22. The van der Waals surface area contributed by atoms with Gasteiger partial charge in [-0.05, 0) is 67.2 Å². The molecular weight excluding hydrogens is 314 g/mol. The molecule has 0 aromatic heterocycles. The van der Waals surface area contributed by atoms with Gasteiger partial charge in [0.25, 0.3) is 0 Å². The summed E-state index contributed by atoms with van der Waals surface area (Å²) >= 11 is 0. The predicted octanol–water partition coefficient (Wildman–Crippen LogP) is 3.74. The maximum absolute atomic E-state index is 11.3. The molecule has 0 spiro atoms. The van der Waals surface area contributed by atoms with Crippen LogP contribution in [0.25, 0.3) is 0 Å². The van der Waals surface area contributed by atoms with Crippen molar-refractivity contribution in [1.29, 1.82) is 0 Å². The molecule has 0 aliphatic heterocycles.